The van der Waals surface area contributed by atoms with Crippen molar-refractivity contribution in [3.05, 3.63) is 63.3 Å². The van der Waals surface area contributed by atoms with Crippen LogP contribution >= 0.6 is 23.2 Å². The van der Waals surface area contributed by atoms with Crippen LogP contribution in [0.4, 0.5) is 0 Å². The molecule has 0 atom stereocenters. The first kappa shape index (κ1) is 15.9. The molecule has 5 heteroatoms. The Morgan fingerprint density at radius 3 is 2.48 bits per heavy atom. The van der Waals surface area contributed by atoms with Crippen LogP contribution in [-0.2, 0) is 6.54 Å². The van der Waals surface area contributed by atoms with E-state index in [1.54, 1.807) is 7.11 Å². The van der Waals surface area contributed by atoms with Gasteiger partial charge in [-0.05, 0) is 42.3 Å². The number of carbonyl (C=O) groups excluding carboxylic acids is 1. The Balaban J connectivity index is 2.19. The molecule has 1 aromatic heterocycles. The van der Waals surface area contributed by atoms with Crippen LogP contribution in [-0.4, -0.2) is 18.0 Å². The minimum atomic E-state index is 0.428. The molecule has 1 heterocycles. The van der Waals surface area contributed by atoms with Gasteiger partial charge in [0.25, 0.3) is 0 Å². The van der Waals surface area contributed by atoms with E-state index in [0.29, 0.717) is 22.3 Å². The van der Waals surface area contributed by atoms with Crippen molar-refractivity contribution in [2.45, 2.75) is 13.5 Å². The van der Waals surface area contributed by atoms with Crippen molar-refractivity contribution in [2.24, 2.45) is 0 Å². The fourth-order valence-corrected chi connectivity index (χ4v) is 3.16. The third-order valence-corrected chi connectivity index (χ3v) is 4.58. The van der Waals surface area contributed by atoms with Gasteiger partial charge in [0.15, 0.2) is 6.29 Å². The lowest BCUT2D eigenvalue weighted by molar-refractivity contribution is 0.112. The van der Waals surface area contributed by atoms with E-state index in [1.807, 2.05) is 47.9 Å². The second kappa shape index (κ2) is 6.26. The molecule has 0 N–H and O–H groups in total. The molecule has 2 aromatic carbocycles. The fourth-order valence-electron chi connectivity index (χ4n) is 2.73. The quantitative estimate of drug-likeness (QED) is 0.613. The van der Waals surface area contributed by atoms with Crippen LogP contribution in [0, 0.1) is 6.92 Å². The second-order valence-electron chi connectivity index (χ2n) is 5.37. The molecule has 0 aliphatic heterocycles. The van der Waals surface area contributed by atoms with Crippen LogP contribution in [0.1, 0.15) is 21.5 Å². The van der Waals surface area contributed by atoms with Gasteiger partial charge in [0.2, 0.25) is 0 Å². The molecule has 118 valence electrons. The number of aromatic nitrogens is 1. The van der Waals surface area contributed by atoms with Gasteiger partial charge < -0.3 is 9.30 Å². The molecular formula is C18H15Cl2NO2. The minimum Gasteiger partial charge on any atom is -0.496 e. The van der Waals surface area contributed by atoms with E-state index in [0.717, 1.165) is 34.1 Å². The van der Waals surface area contributed by atoms with Crippen LogP contribution in [0.2, 0.25) is 10.2 Å². The maximum atomic E-state index is 11.5. The summed E-state index contributed by atoms with van der Waals surface area (Å²) in [6.45, 7) is 2.53. The summed E-state index contributed by atoms with van der Waals surface area (Å²) in [5.41, 5.74) is 3.43. The Morgan fingerprint density at radius 2 is 1.87 bits per heavy atom. The third-order valence-electron chi connectivity index (χ3n) is 3.93. The SMILES string of the molecule is COc1cc2c(C=O)c(Cl)n(Cc3ccc(Cl)cc3)c2cc1C. The lowest BCUT2D eigenvalue weighted by atomic mass is 10.1. The highest BCUT2D eigenvalue weighted by Crippen LogP contribution is 2.34. The number of aryl methyl sites for hydroxylation is 1. The molecule has 23 heavy (non-hydrogen) atoms. The molecule has 0 saturated carbocycles. The number of aldehydes is 1. The molecule has 3 rings (SSSR count). The van der Waals surface area contributed by atoms with Crippen LogP contribution < -0.4 is 4.74 Å². The number of hydrogen-bond donors (Lipinski definition) is 0. The molecule has 0 aliphatic carbocycles. The normalized spacial score (nSPS) is 11.0. The molecule has 0 spiro atoms. The highest BCUT2D eigenvalue weighted by Gasteiger charge is 2.17. The molecule has 0 bridgehead atoms. The third kappa shape index (κ3) is 2.82. The van der Waals surface area contributed by atoms with Crippen molar-refractivity contribution in [1.82, 2.24) is 4.57 Å². The van der Waals surface area contributed by atoms with Crippen LogP contribution in [0.25, 0.3) is 10.9 Å². The molecular weight excluding hydrogens is 333 g/mol. The van der Waals surface area contributed by atoms with Gasteiger partial charge in [0.1, 0.15) is 10.9 Å². The van der Waals surface area contributed by atoms with E-state index >= 15 is 0 Å². The molecule has 0 aliphatic rings. The first-order valence-corrected chi connectivity index (χ1v) is 7.86. The summed E-state index contributed by atoms with van der Waals surface area (Å²) < 4.78 is 7.28. The topological polar surface area (TPSA) is 31.2 Å². The largest absolute Gasteiger partial charge is 0.496 e. The van der Waals surface area contributed by atoms with Crippen LogP contribution in [0.3, 0.4) is 0 Å². The monoisotopic (exact) mass is 347 g/mol. The predicted molar refractivity (Wildman–Crippen MR) is 94.2 cm³/mol. The summed E-state index contributed by atoms with van der Waals surface area (Å²) in [7, 11) is 1.61. The van der Waals surface area contributed by atoms with E-state index in [1.165, 1.54) is 0 Å². The van der Waals surface area contributed by atoms with E-state index in [9.17, 15) is 4.79 Å². The summed E-state index contributed by atoms with van der Waals surface area (Å²) in [5, 5.41) is 1.91. The van der Waals surface area contributed by atoms with Crippen molar-refractivity contribution < 1.29 is 9.53 Å². The molecule has 3 nitrogen and oxygen atoms in total. The molecule has 0 radical (unpaired) electrons. The lowest BCUT2D eigenvalue weighted by Gasteiger charge is -2.09. The lowest BCUT2D eigenvalue weighted by Crippen LogP contribution is -2.00. The molecule has 0 amide bonds. The van der Waals surface area contributed by atoms with Gasteiger partial charge in [0, 0.05) is 17.0 Å². The van der Waals surface area contributed by atoms with E-state index in [4.69, 9.17) is 27.9 Å². The first-order chi connectivity index (χ1) is 11.0. The van der Waals surface area contributed by atoms with Crippen molar-refractivity contribution >= 4 is 40.4 Å². The number of rotatable bonds is 4. The molecule has 0 fully saturated rings. The number of carbonyl (C=O) groups is 1. The Hall–Kier alpha value is -1.97. The average molecular weight is 348 g/mol. The number of halogens is 2. The van der Waals surface area contributed by atoms with Gasteiger partial charge in [-0.25, -0.2) is 0 Å². The highest BCUT2D eigenvalue weighted by atomic mass is 35.5. The maximum Gasteiger partial charge on any atom is 0.153 e. The van der Waals surface area contributed by atoms with Gasteiger partial charge >= 0.3 is 0 Å². The van der Waals surface area contributed by atoms with E-state index in [-0.39, 0.29) is 0 Å². The Labute approximate surface area is 144 Å². The zero-order valence-corrected chi connectivity index (χ0v) is 14.3. The maximum absolute atomic E-state index is 11.5. The summed E-state index contributed by atoms with van der Waals surface area (Å²) >= 11 is 12.4. The molecule has 0 unspecified atom stereocenters. The fraction of sp³-hybridized carbons (Fsp3) is 0.167. The van der Waals surface area contributed by atoms with Crippen molar-refractivity contribution in [3.63, 3.8) is 0 Å². The van der Waals surface area contributed by atoms with Gasteiger partial charge in [-0.2, -0.15) is 0 Å². The standard InChI is InChI=1S/C18H15Cl2NO2/c1-11-7-16-14(8-17(11)23-2)15(10-22)18(20)21(16)9-12-3-5-13(19)6-4-12/h3-8,10H,9H2,1-2H3. The number of ether oxygens (including phenoxy) is 1. The van der Waals surface area contributed by atoms with E-state index < -0.39 is 0 Å². The Morgan fingerprint density at radius 1 is 1.17 bits per heavy atom. The van der Waals surface area contributed by atoms with Gasteiger partial charge in [-0.1, -0.05) is 35.3 Å². The minimum absolute atomic E-state index is 0.428. The number of nitrogens with zero attached hydrogens (tertiary/aromatic N) is 1. The van der Waals surface area contributed by atoms with Crippen LogP contribution in [0.15, 0.2) is 36.4 Å². The summed E-state index contributed by atoms with van der Waals surface area (Å²) in [6, 6.07) is 11.4. The van der Waals surface area contributed by atoms with Crippen molar-refractivity contribution in [1.29, 1.82) is 0 Å². The summed E-state index contributed by atoms with van der Waals surface area (Å²) in [6.07, 6.45) is 0.789. The first-order valence-electron chi connectivity index (χ1n) is 7.11. The van der Waals surface area contributed by atoms with E-state index in [2.05, 4.69) is 0 Å². The van der Waals surface area contributed by atoms with Gasteiger partial charge in [-0.3, -0.25) is 4.79 Å². The smallest absolute Gasteiger partial charge is 0.153 e. The number of benzene rings is 2. The molecule has 0 saturated heterocycles. The number of hydrogen-bond acceptors (Lipinski definition) is 2. The van der Waals surface area contributed by atoms with Crippen molar-refractivity contribution in [2.75, 3.05) is 7.11 Å². The van der Waals surface area contributed by atoms with Crippen LogP contribution in [0.5, 0.6) is 5.75 Å². The zero-order valence-electron chi connectivity index (χ0n) is 12.8. The zero-order chi connectivity index (χ0) is 16.6. The average Bonchev–Trinajstić information content (AvgIpc) is 2.80. The summed E-state index contributed by atoms with van der Waals surface area (Å²) in [5.74, 6) is 0.737. The predicted octanol–water partition coefficient (Wildman–Crippen LogP) is 5.13. The Kier molecular flexibility index (Phi) is 4.33. The Bertz CT molecular complexity index is 882. The van der Waals surface area contributed by atoms with Gasteiger partial charge in [0.05, 0.1) is 18.2 Å². The number of methoxy groups -OCH3 is 1. The van der Waals surface area contributed by atoms with Crippen molar-refractivity contribution in [3.8, 4) is 5.75 Å². The second-order valence-corrected chi connectivity index (χ2v) is 6.17. The molecule has 3 aromatic rings. The van der Waals surface area contributed by atoms with Gasteiger partial charge in [-0.15, -0.1) is 0 Å². The number of fused-ring (bicyclic) bond motifs is 1. The highest BCUT2D eigenvalue weighted by molar-refractivity contribution is 6.34. The summed E-state index contributed by atoms with van der Waals surface area (Å²) in [4.78, 5) is 11.5.